The van der Waals surface area contributed by atoms with Gasteiger partial charge in [-0.25, -0.2) is 4.39 Å². The maximum Gasteiger partial charge on any atom is 0.221 e. The van der Waals surface area contributed by atoms with Crippen LogP contribution in [0.15, 0.2) is 29.3 Å². The zero-order chi connectivity index (χ0) is 19.1. The molecule has 7 heteroatoms. The fourth-order valence-corrected chi connectivity index (χ4v) is 3.86. The molecule has 148 valence electrons. The Hall–Kier alpha value is -2.31. The van der Waals surface area contributed by atoms with Crippen molar-refractivity contribution >= 4 is 17.6 Å². The molecule has 1 aromatic carbocycles. The Kier molecular flexibility index (Phi) is 6.90. The molecule has 2 N–H and O–H groups in total. The average molecular weight is 375 g/mol. The number of nitrogens with one attached hydrogen (secondary N) is 2. The lowest BCUT2D eigenvalue weighted by Gasteiger charge is -2.37. The van der Waals surface area contributed by atoms with Gasteiger partial charge in [-0.2, -0.15) is 0 Å². The summed E-state index contributed by atoms with van der Waals surface area (Å²) in [6.07, 6.45) is 5.09. The summed E-state index contributed by atoms with van der Waals surface area (Å²) in [5.74, 6) is 0.729. The van der Waals surface area contributed by atoms with Gasteiger partial charge < -0.3 is 20.4 Å². The summed E-state index contributed by atoms with van der Waals surface area (Å²) in [4.78, 5) is 20.6. The first kappa shape index (κ1) is 19.5. The number of carbonyl (C=O) groups is 1. The predicted octanol–water partition coefficient (Wildman–Crippen LogP) is 1.97. The van der Waals surface area contributed by atoms with Gasteiger partial charge >= 0.3 is 0 Å². The van der Waals surface area contributed by atoms with Crippen molar-refractivity contribution < 1.29 is 9.18 Å². The van der Waals surface area contributed by atoms with E-state index >= 15 is 0 Å². The number of nitrogens with zero attached hydrogens (tertiary/aromatic N) is 3. The number of anilines is 1. The van der Waals surface area contributed by atoms with E-state index in [0.29, 0.717) is 24.7 Å². The fourth-order valence-electron chi connectivity index (χ4n) is 3.86. The smallest absolute Gasteiger partial charge is 0.221 e. The van der Waals surface area contributed by atoms with Gasteiger partial charge in [0.2, 0.25) is 5.91 Å². The largest absolute Gasteiger partial charge is 0.366 e. The molecule has 1 aliphatic heterocycles. The Morgan fingerprint density at radius 1 is 1.19 bits per heavy atom. The summed E-state index contributed by atoms with van der Waals surface area (Å²) >= 11 is 0. The van der Waals surface area contributed by atoms with Gasteiger partial charge in [0.1, 0.15) is 5.82 Å². The number of para-hydroxylation sites is 1. The second-order valence-corrected chi connectivity index (χ2v) is 7.20. The highest BCUT2D eigenvalue weighted by Crippen LogP contribution is 2.20. The van der Waals surface area contributed by atoms with E-state index in [0.717, 1.165) is 45.0 Å². The summed E-state index contributed by atoms with van der Waals surface area (Å²) in [6, 6.07) is 7.26. The first-order chi connectivity index (χ1) is 13.2. The molecule has 2 aliphatic rings. The van der Waals surface area contributed by atoms with Crippen molar-refractivity contribution in [3.05, 3.63) is 30.1 Å². The molecule has 1 amide bonds. The Balaban J connectivity index is 1.41. The second-order valence-electron chi connectivity index (χ2n) is 7.20. The monoisotopic (exact) mass is 375 g/mol. The molecule has 0 unspecified atom stereocenters. The van der Waals surface area contributed by atoms with Gasteiger partial charge in [-0.15, -0.1) is 0 Å². The van der Waals surface area contributed by atoms with Crippen LogP contribution in [-0.2, 0) is 4.79 Å². The van der Waals surface area contributed by atoms with E-state index in [1.54, 1.807) is 13.1 Å². The van der Waals surface area contributed by atoms with Crippen LogP contribution in [0.25, 0.3) is 0 Å². The normalized spacial score (nSPS) is 18.7. The number of rotatable bonds is 5. The molecule has 1 aliphatic carbocycles. The number of aliphatic imine (C=N–C) groups is 1. The number of amides is 1. The van der Waals surface area contributed by atoms with Crippen LogP contribution in [0.2, 0.25) is 0 Å². The van der Waals surface area contributed by atoms with E-state index in [9.17, 15) is 9.18 Å². The quantitative estimate of drug-likeness (QED) is 0.610. The summed E-state index contributed by atoms with van der Waals surface area (Å²) in [6.45, 7) is 3.58. The van der Waals surface area contributed by atoms with Gasteiger partial charge in [-0.3, -0.25) is 9.79 Å². The molecule has 2 fully saturated rings. The minimum atomic E-state index is -0.179. The lowest BCUT2D eigenvalue weighted by molar-refractivity contribution is -0.121. The highest BCUT2D eigenvalue weighted by Gasteiger charge is 2.22. The molecule has 0 bridgehead atoms. The minimum Gasteiger partial charge on any atom is -0.366 e. The SMILES string of the molecule is CN=C(NCCC(=O)NC1CCCC1)N1CCN(c2ccccc2F)CC1. The highest BCUT2D eigenvalue weighted by molar-refractivity contribution is 5.81. The Morgan fingerprint density at radius 3 is 2.56 bits per heavy atom. The first-order valence-electron chi connectivity index (χ1n) is 9.92. The van der Waals surface area contributed by atoms with E-state index in [1.807, 2.05) is 12.1 Å². The Labute approximate surface area is 160 Å². The van der Waals surface area contributed by atoms with Crippen LogP contribution in [0.5, 0.6) is 0 Å². The zero-order valence-electron chi connectivity index (χ0n) is 16.1. The van der Waals surface area contributed by atoms with Crippen LogP contribution < -0.4 is 15.5 Å². The van der Waals surface area contributed by atoms with Gasteiger partial charge in [-0.1, -0.05) is 25.0 Å². The van der Waals surface area contributed by atoms with Crippen molar-refractivity contribution in [3.8, 4) is 0 Å². The van der Waals surface area contributed by atoms with Gasteiger partial charge in [0.05, 0.1) is 5.69 Å². The predicted molar refractivity (Wildman–Crippen MR) is 107 cm³/mol. The molecule has 1 saturated heterocycles. The average Bonchev–Trinajstić information content (AvgIpc) is 3.19. The third-order valence-electron chi connectivity index (χ3n) is 5.34. The van der Waals surface area contributed by atoms with Crippen LogP contribution in [0, 0.1) is 5.82 Å². The summed E-state index contributed by atoms with van der Waals surface area (Å²) in [5, 5.41) is 6.39. The van der Waals surface area contributed by atoms with E-state index in [1.165, 1.54) is 18.9 Å². The van der Waals surface area contributed by atoms with E-state index in [-0.39, 0.29) is 11.7 Å². The molecule has 1 saturated carbocycles. The molecule has 0 spiro atoms. The van der Waals surface area contributed by atoms with Crippen LogP contribution in [0.4, 0.5) is 10.1 Å². The molecule has 0 aromatic heterocycles. The van der Waals surface area contributed by atoms with Crippen molar-refractivity contribution in [2.75, 3.05) is 44.7 Å². The summed E-state index contributed by atoms with van der Waals surface area (Å²) in [5.41, 5.74) is 0.656. The van der Waals surface area contributed by atoms with Gasteiger partial charge in [-0.05, 0) is 25.0 Å². The summed E-state index contributed by atoms with van der Waals surface area (Å²) in [7, 11) is 1.75. The van der Waals surface area contributed by atoms with Crippen molar-refractivity contribution in [2.45, 2.75) is 38.1 Å². The molecular formula is C20H30FN5O. The van der Waals surface area contributed by atoms with Crippen molar-refractivity contribution in [2.24, 2.45) is 4.99 Å². The lowest BCUT2D eigenvalue weighted by atomic mass is 10.2. The van der Waals surface area contributed by atoms with Gasteiger partial charge in [0, 0.05) is 52.2 Å². The number of piperazine rings is 1. The second kappa shape index (κ2) is 9.58. The third-order valence-corrected chi connectivity index (χ3v) is 5.34. The number of guanidine groups is 1. The molecule has 27 heavy (non-hydrogen) atoms. The number of hydrogen-bond donors (Lipinski definition) is 2. The fraction of sp³-hybridized carbons (Fsp3) is 0.600. The standard InChI is InChI=1S/C20H30FN5O/c1-22-20(23-11-10-19(27)24-16-6-2-3-7-16)26-14-12-25(13-15-26)18-9-5-4-8-17(18)21/h4-5,8-9,16H,2-3,6-7,10-15H2,1H3,(H,22,23)(H,24,27). The zero-order valence-corrected chi connectivity index (χ0v) is 16.1. The van der Waals surface area contributed by atoms with E-state index < -0.39 is 0 Å². The topological polar surface area (TPSA) is 60.0 Å². The molecule has 1 heterocycles. The molecular weight excluding hydrogens is 345 g/mol. The number of carbonyl (C=O) groups excluding carboxylic acids is 1. The van der Waals surface area contributed by atoms with Gasteiger partial charge in [0.25, 0.3) is 0 Å². The maximum absolute atomic E-state index is 14.0. The van der Waals surface area contributed by atoms with Gasteiger partial charge in [0.15, 0.2) is 5.96 Å². The van der Waals surface area contributed by atoms with Crippen molar-refractivity contribution in [1.82, 2.24) is 15.5 Å². The molecule has 0 atom stereocenters. The van der Waals surface area contributed by atoms with E-state index in [2.05, 4.69) is 25.4 Å². The number of hydrogen-bond acceptors (Lipinski definition) is 3. The van der Waals surface area contributed by atoms with Crippen LogP contribution in [0.1, 0.15) is 32.1 Å². The lowest BCUT2D eigenvalue weighted by Crippen LogP contribution is -2.53. The molecule has 0 radical (unpaired) electrons. The van der Waals surface area contributed by atoms with Crippen LogP contribution in [0.3, 0.4) is 0 Å². The Morgan fingerprint density at radius 2 is 1.89 bits per heavy atom. The molecule has 6 nitrogen and oxygen atoms in total. The minimum absolute atomic E-state index is 0.106. The Bertz CT molecular complexity index is 652. The summed E-state index contributed by atoms with van der Waals surface area (Å²) < 4.78 is 14.0. The highest BCUT2D eigenvalue weighted by atomic mass is 19.1. The third kappa shape index (κ3) is 5.34. The van der Waals surface area contributed by atoms with E-state index in [4.69, 9.17) is 0 Å². The van der Waals surface area contributed by atoms with Crippen LogP contribution >= 0.6 is 0 Å². The van der Waals surface area contributed by atoms with Crippen molar-refractivity contribution in [3.63, 3.8) is 0 Å². The number of halogens is 1. The number of benzene rings is 1. The van der Waals surface area contributed by atoms with Crippen LogP contribution in [-0.4, -0.2) is 62.6 Å². The van der Waals surface area contributed by atoms with Crippen molar-refractivity contribution in [1.29, 1.82) is 0 Å². The molecule has 1 aromatic rings. The molecule has 3 rings (SSSR count). The first-order valence-corrected chi connectivity index (χ1v) is 9.92. The maximum atomic E-state index is 14.0.